The highest BCUT2D eigenvalue weighted by Gasteiger charge is 2.05. The summed E-state index contributed by atoms with van der Waals surface area (Å²) in [5.74, 6) is 0.769. The number of amidine groups is 1. The van der Waals surface area contributed by atoms with Crippen LogP contribution in [-0.4, -0.2) is 15.6 Å². The molecular formula is C13H16N4O. The Morgan fingerprint density at radius 3 is 2.83 bits per heavy atom. The number of rotatable bonds is 4. The Bertz CT molecular complexity index is 574. The molecule has 0 aliphatic carbocycles. The lowest BCUT2D eigenvalue weighted by molar-refractivity contribution is 0.298. The number of nitrogen functional groups attached to an aromatic ring is 1. The van der Waals surface area contributed by atoms with Gasteiger partial charge in [-0.15, -0.1) is 0 Å². The van der Waals surface area contributed by atoms with E-state index in [-0.39, 0.29) is 5.84 Å². The van der Waals surface area contributed by atoms with Crippen molar-refractivity contribution in [2.24, 2.45) is 12.8 Å². The average Bonchev–Trinajstić information content (AvgIpc) is 2.74. The highest BCUT2D eigenvalue weighted by Crippen LogP contribution is 2.20. The number of aromatic nitrogens is 2. The minimum absolute atomic E-state index is 0.0395. The van der Waals surface area contributed by atoms with Crippen molar-refractivity contribution in [2.75, 3.05) is 0 Å². The highest BCUT2D eigenvalue weighted by atomic mass is 16.5. The van der Waals surface area contributed by atoms with E-state index in [0.717, 1.165) is 17.0 Å². The van der Waals surface area contributed by atoms with Crippen LogP contribution >= 0.6 is 0 Å². The minimum atomic E-state index is 0.0395. The third-order valence-corrected chi connectivity index (χ3v) is 2.64. The van der Waals surface area contributed by atoms with Crippen molar-refractivity contribution >= 4 is 5.84 Å². The standard InChI is InChI=1S/C13H16N4O/c1-9-3-4-10(13(14)15)7-12(9)18-8-11-5-6-17(2)16-11/h3-7H,8H2,1-2H3,(H3,14,15). The van der Waals surface area contributed by atoms with Crippen molar-refractivity contribution in [2.45, 2.75) is 13.5 Å². The summed E-state index contributed by atoms with van der Waals surface area (Å²) in [5, 5.41) is 11.6. The van der Waals surface area contributed by atoms with Gasteiger partial charge in [0.05, 0.1) is 5.69 Å². The van der Waals surface area contributed by atoms with Gasteiger partial charge in [-0.1, -0.05) is 12.1 Å². The van der Waals surface area contributed by atoms with Gasteiger partial charge in [0.15, 0.2) is 0 Å². The van der Waals surface area contributed by atoms with E-state index in [0.29, 0.717) is 12.2 Å². The number of nitrogens with two attached hydrogens (primary N) is 1. The predicted molar refractivity (Wildman–Crippen MR) is 69.7 cm³/mol. The molecule has 1 heterocycles. The fourth-order valence-corrected chi connectivity index (χ4v) is 1.61. The van der Waals surface area contributed by atoms with Gasteiger partial charge in [-0.2, -0.15) is 5.10 Å². The summed E-state index contributed by atoms with van der Waals surface area (Å²) in [6, 6.07) is 7.39. The number of ether oxygens (including phenoxy) is 1. The molecule has 5 nitrogen and oxygen atoms in total. The first-order valence-electron chi connectivity index (χ1n) is 5.62. The third kappa shape index (κ3) is 2.68. The van der Waals surface area contributed by atoms with E-state index < -0.39 is 0 Å². The maximum Gasteiger partial charge on any atom is 0.132 e. The Morgan fingerprint density at radius 1 is 1.44 bits per heavy atom. The van der Waals surface area contributed by atoms with Crippen LogP contribution in [0, 0.1) is 12.3 Å². The fraction of sp³-hybridized carbons (Fsp3) is 0.231. The maximum absolute atomic E-state index is 7.41. The van der Waals surface area contributed by atoms with Crippen molar-refractivity contribution in [3.63, 3.8) is 0 Å². The van der Waals surface area contributed by atoms with E-state index >= 15 is 0 Å². The lowest BCUT2D eigenvalue weighted by Gasteiger charge is -2.09. The Balaban J connectivity index is 2.13. The monoisotopic (exact) mass is 244 g/mol. The average molecular weight is 244 g/mol. The molecule has 1 aromatic heterocycles. The van der Waals surface area contributed by atoms with Crippen LogP contribution in [0.2, 0.25) is 0 Å². The van der Waals surface area contributed by atoms with E-state index in [2.05, 4.69) is 5.10 Å². The second kappa shape index (κ2) is 4.91. The molecule has 3 N–H and O–H groups in total. The number of hydrogen-bond acceptors (Lipinski definition) is 3. The molecule has 0 spiro atoms. The van der Waals surface area contributed by atoms with E-state index in [9.17, 15) is 0 Å². The zero-order valence-corrected chi connectivity index (χ0v) is 10.5. The Labute approximate surface area is 106 Å². The molecule has 0 bridgehead atoms. The van der Waals surface area contributed by atoms with Gasteiger partial charge in [-0.3, -0.25) is 10.1 Å². The van der Waals surface area contributed by atoms with Gasteiger partial charge >= 0.3 is 0 Å². The molecule has 94 valence electrons. The summed E-state index contributed by atoms with van der Waals surface area (Å²) in [5.41, 5.74) is 7.99. The van der Waals surface area contributed by atoms with Crippen LogP contribution in [0.25, 0.3) is 0 Å². The van der Waals surface area contributed by atoms with Crippen LogP contribution < -0.4 is 10.5 Å². The Hall–Kier alpha value is -2.30. The fourth-order valence-electron chi connectivity index (χ4n) is 1.61. The zero-order chi connectivity index (χ0) is 13.1. The molecule has 0 aliphatic rings. The minimum Gasteiger partial charge on any atom is -0.487 e. The molecular weight excluding hydrogens is 228 g/mol. The van der Waals surface area contributed by atoms with E-state index in [1.54, 1.807) is 10.7 Å². The Morgan fingerprint density at radius 2 is 2.22 bits per heavy atom. The van der Waals surface area contributed by atoms with E-state index in [1.807, 2.05) is 38.4 Å². The van der Waals surface area contributed by atoms with Crippen molar-refractivity contribution in [3.8, 4) is 5.75 Å². The molecule has 2 aromatic rings. The zero-order valence-electron chi connectivity index (χ0n) is 10.5. The lowest BCUT2D eigenvalue weighted by atomic mass is 10.1. The smallest absolute Gasteiger partial charge is 0.132 e. The van der Waals surface area contributed by atoms with Crippen molar-refractivity contribution in [1.82, 2.24) is 9.78 Å². The van der Waals surface area contributed by atoms with Crippen LogP contribution in [0.15, 0.2) is 30.5 Å². The van der Waals surface area contributed by atoms with E-state index in [4.69, 9.17) is 15.9 Å². The molecule has 0 unspecified atom stereocenters. The maximum atomic E-state index is 7.41. The third-order valence-electron chi connectivity index (χ3n) is 2.64. The predicted octanol–water partition coefficient (Wildman–Crippen LogP) is 1.59. The van der Waals surface area contributed by atoms with Gasteiger partial charge in [-0.25, -0.2) is 0 Å². The van der Waals surface area contributed by atoms with Gasteiger partial charge in [0.2, 0.25) is 0 Å². The molecule has 0 amide bonds. The van der Waals surface area contributed by atoms with Crippen molar-refractivity contribution in [3.05, 3.63) is 47.3 Å². The number of nitrogens with one attached hydrogen (secondary N) is 1. The van der Waals surface area contributed by atoms with Gasteiger partial charge in [0.1, 0.15) is 18.2 Å². The summed E-state index contributed by atoms with van der Waals surface area (Å²) in [6.07, 6.45) is 1.87. The first-order valence-corrected chi connectivity index (χ1v) is 5.62. The second-order valence-electron chi connectivity index (χ2n) is 4.16. The molecule has 0 saturated carbocycles. The van der Waals surface area contributed by atoms with Crippen molar-refractivity contribution in [1.29, 1.82) is 5.41 Å². The van der Waals surface area contributed by atoms with Crippen LogP contribution in [0.5, 0.6) is 5.75 Å². The van der Waals surface area contributed by atoms with Crippen LogP contribution in [0.3, 0.4) is 0 Å². The van der Waals surface area contributed by atoms with Gasteiger partial charge in [0.25, 0.3) is 0 Å². The SMILES string of the molecule is Cc1ccc(C(=N)N)cc1OCc1ccn(C)n1. The molecule has 5 heteroatoms. The molecule has 0 atom stereocenters. The molecule has 0 radical (unpaired) electrons. The largest absolute Gasteiger partial charge is 0.487 e. The quantitative estimate of drug-likeness (QED) is 0.633. The second-order valence-corrected chi connectivity index (χ2v) is 4.16. The number of hydrogen-bond donors (Lipinski definition) is 2. The molecule has 1 aromatic carbocycles. The summed E-state index contributed by atoms with van der Waals surface area (Å²) in [7, 11) is 1.87. The lowest BCUT2D eigenvalue weighted by Crippen LogP contribution is -2.11. The number of nitrogens with zero attached hydrogens (tertiary/aromatic N) is 2. The number of aryl methyl sites for hydroxylation is 2. The first kappa shape index (κ1) is 12.2. The molecule has 0 aliphatic heterocycles. The first-order chi connectivity index (χ1) is 8.56. The van der Waals surface area contributed by atoms with Crippen LogP contribution in [0.4, 0.5) is 0 Å². The molecule has 2 rings (SSSR count). The summed E-state index contributed by atoms with van der Waals surface area (Å²) >= 11 is 0. The summed E-state index contributed by atoms with van der Waals surface area (Å²) < 4.78 is 7.43. The topological polar surface area (TPSA) is 76.9 Å². The number of benzene rings is 1. The van der Waals surface area contributed by atoms with Crippen LogP contribution in [-0.2, 0) is 13.7 Å². The van der Waals surface area contributed by atoms with Gasteiger partial charge < -0.3 is 10.5 Å². The molecule has 0 fully saturated rings. The Kier molecular flexibility index (Phi) is 3.32. The normalized spacial score (nSPS) is 10.3. The summed E-state index contributed by atoms with van der Waals surface area (Å²) in [4.78, 5) is 0. The highest BCUT2D eigenvalue weighted by molar-refractivity contribution is 5.95. The van der Waals surface area contributed by atoms with Crippen molar-refractivity contribution < 1.29 is 4.74 Å². The van der Waals surface area contributed by atoms with Crippen LogP contribution in [0.1, 0.15) is 16.8 Å². The van der Waals surface area contributed by atoms with Gasteiger partial charge in [0, 0.05) is 18.8 Å². The molecule has 0 saturated heterocycles. The van der Waals surface area contributed by atoms with E-state index in [1.165, 1.54) is 0 Å². The molecule has 18 heavy (non-hydrogen) atoms. The van der Waals surface area contributed by atoms with Gasteiger partial charge in [-0.05, 0) is 24.6 Å². The summed E-state index contributed by atoms with van der Waals surface area (Å²) in [6.45, 7) is 2.36.